The summed E-state index contributed by atoms with van der Waals surface area (Å²) in [6, 6.07) is 9.73. The van der Waals surface area contributed by atoms with E-state index >= 15 is 0 Å². The topological polar surface area (TPSA) is 200 Å². The van der Waals surface area contributed by atoms with E-state index in [4.69, 9.17) is 19.9 Å². The van der Waals surface area contributed by atoms with Gasteiger partial charge in [0.2, 0.25) is 12.3 Å². The number of amides is 3. The summed E-state index contributed by atoms with van der Waals surface area (Å²) in [6.45, 7) is 17.7. The average molecular weight is 834 g/mol. The molecule has 13 nitrogen and oxygen atoms in total. The molecule has 330 valence electrons. The molecule has 13 heteroatoms. The summed E-state index contributed by atoms with van der Waals surface area (Å²) in [7, 11) is 0. The van der Waals surface area contributed by atoms with Crippen LogP contribution in [0.1, 0.15) is 153 Å². The zero-order valence-corrected chi connectivity index (χ0v) is 36.9. The van der Waals surface area contributed by atoms with Crippen LogP contribution in [0.2, 0.25) is 0 Å². The lowest BCUT2D eigenvalue weighted by atomic mass is 9.49. The highest BCUT2D eigenvalue weighted by Crippen LogP contribution is 2.57. The molecule has 8 atom stereocenters. The molecule has 3 aliphatic rings. The number of aryl methyl sites for hydroxylation is 1. The van der Waals surface area contributed by atoms with Crippen molar-refractivity contribution in [1.82, 2.24) is 5.32 Å². The van der Waals surface area contributed by atoms with Crippen LogP contribution in [0.25, 0.3) is 0 Å². The van der Waals surface area contributed by atoms with E-state index in [1.165, 1.54) is 55.2 Å². The molecule has 2 aromatic rings. The van der Waals surface area contributed by atoms with E-state index in [9.17, 15) is 33.9 Å². The standard InChI is InChI=1S/C27H38N2O9.C20H29NO/c1-6-7-8-10-19-24(38-21(31)13-15(2)3)17(5)37-27(35)22(16(4)36-26(19)34)29-25(33)18-11-9-12-20(23(18)32)28-14-30;1-13(2)14-6-8-16-15(12-14)7-9-17-19(16,3)10-5-11-20(17,4)18(21)22/h9,11-12,14-17,19,22,24,32H,6-8,10,13H2,1-5H3,(H,28,30)(H,29,33);6,8,12-13,17H,5,7,9-11H2,1-4H3,(H2,21,22). The van der Waals surface area contributed by atoms with Crippen molar-refractivity contribution in [2.75, 3.05) is 5.32 Å². The maximum Gasteiger partial charge on any atom is 0.332 e. The second kappa shape index (κ2) is 20.5. The fourth-order valence-corrected chi connectivity index (χ4v) is 9.39. The number of aromatic hydroxyl groups is 1. The number of rotatable bonds is 13. The number of ether oxygens (including phenoxy) is 3. The van der Waals surface area contributed by atoms with Gasteiger partial charge in [-0.3, -0.25) is 24.0 Å². The van der Waals surface area contributed by atoms with Crippen molar-refractivity contribution in [3.05, 3.63) is 58.7 Å². The summed E-state index contributed by atoms with van der Waals surface area (Å²) < 4.78 is 16.9. The van der Waals surface area contributed by atoms with Gasteiger partial charge in [-0.1, -0.05) is 98.4 Å². The van der Waals surface area contributed by atoms with E-state index in [1.54, 1.807) is 0 Å². The Labute approximate surface area is 355 Å². The molecule has 2 fully saturated rings. The number of hydrogen-bond donors (Lipinski definition) is 4. The molecule has 5 N–H and O–H groups in total. The summed E-state index contributed by atoms with van der Waals surface area (Å²) in [5, 5.41) is 15.1. The molecule has 0 bridgehead atoms. The molecule has 60 heavy (non-hydrogen) atoms. The van der Waals surface area contributed by atoms with Gasteiger partial charge in [0.15, 0.2) is 17.9 Å². The third kappa shape index (κ3) is 10.9. The van der Waals surface area contributed by atoms with Crippen LogP contribution in [-0.4, -0.2) is 65.6 Å². The summed E-state index contributed by atoms with van der Waals surface area (Å²) in [5.41, 5.74) is 9.75. The summed E-state index contributed by atoms with van der Waals surface area (Å²) in [5.74, 6) is -3.43. The molecule has 8 unspecified atom stereocenters. The monoisotopic (exact) mass is 833 g/mol. The normalized spacial score (nSPS) is 27.6. The lowest BCUT2D eigenvalue weighted by molar-refractivity contribution is -0.175. The number of carbonyl (C=O) groups is 6. The highest BCUT2D eigenvalue weighted by Gasteiger charge is 2.54. The number of para-hydroxylation sites is 1. The number of benzene rings is 2. The van der Waals surface area contributed by atoms with Crippen LogP contribution in [0.15, 0.2) is 36.4 Å². The molecular weight excluding hydrogens is 767 g/mol. The number of unbranched alkanes of at least 4 members (excludes halogenated alkanes) is 2. The zero-order valence-electron chi connectivity index (χ0n) is 36.9. The Kier molecular flexibility index (Phi) is 16.3. The Balaban J connectivity index is 0.000000303. The molecular formula is C47H67N3O10. The van der Waals surface area contributed by atoms with Crippen molar-refractivity contribution in [1.29, 1.82) is 0 Å². The summed E-state index contributed by atoms with van der Waals surface area (Å²) in [6.07, 6.45) is 5.45. The number of cyclic esters (lactones) is 2. The van der Waals surface area contributed by atoms with E-state index in [2.05, 4.69) is 56.5 Å². The Morgan fingerprint density at radius 2 is 1.70 bits per heavy atom. The molecule has 5 rings (SSSR count). The van der Waals surface area contributed by atoms with Crippen molar-refractivity contribution in [3.8, 4) is 5.75 Å². The minimum absolute atomic E-state index is 0.00114. The summed E-state index contributed by atoms with van der Waals surface area (Å²) in [4.78, 5) is 74.9. The van der Waals surface area contributed by atoms with Crippen molar-refractivity contribution in [2.24, 2.45) is 28.9 Å². The van der Waals surface area contributed by atoms with Crippen molar-refractivity contribution >= 4 is 41.8 Å². The lowest BCUT2D eigenvalue weighted by Gasteiger charge is -2.54. The lowest BCUT2D eigenvalue weighted by Crippen LogP contribution is -2.54. The number of primary amides is 1. The third-order valence-corrected chi connectivity index (χ3v) is 12.8. The van der Waals surface area contributed by atoms with Gasteiger partial charge in [0.25, 0.3) is 5.91 Å². The Hall–Kier alpha value is -4.94. The maximum absolute atomic E-state index is 13.3. The van der Waals surface area contributed by atoms with Gasteiger partial charge >= 0.3 is 17.9 Å². The van der Waals surface area contributed by atoms with E-state index in [0.717, 1.165) is 38.5 Å². The number of carbonyl (C=O) groups excluding carboxylic acids is 6. The second-order valence-electron chi connectivity index (χ2n) is 18.1. The highest BCUT2D eigenvalue weighted by atomic mass is 16.6. The van der Waals surface area contributed by atoms with Crippen molar-refractivity contribution in [3.63, 3.8) is 0 Å². The van der Waals surface area contributed by atoms with Gasteiger partial charge in [-0.15, -0.1) is 0 Å². The van der Waals surface area contributed by atoms with Gasteiger partial charge in [0, 0.05) is 11.8 Å². The maximum atomic E-state index is 13.3. The van der Waals surface area contributed by atoms with Crippen LogP contribution in [0.3, 0.4) is 0 Å². The molecule has 2 aliphatic carbocycles. The predicted octanol–water partition coefficient (Wildman–Crippen LogP) is 7.40. The fourth-order valence-electron chi connectivity index (χ4n) is 9.39. The molecule has 0 radical (unpaired) electrons. The molecule has 3 amide bonds. The predicted molar refractivity (Wildman–Crippen MR) is 228 cm³/mol. The quantitative estimate of drug-likeness (QED) is 0.0518. The van der Waals surface area contributed by atoms with Gasteiger partial charge in [0.1, 0.15) is 12.2 Å². The molecule has 1 heterocycles. The van der Waals surface area contributed by atoms with E-state index in [0.29, 0.717) is 31.1 Å². The Morgan fingerprint density at radius 1 is 1.00 bits per heavy atom. The first kappa shape index (κ1) is 47.7. The van der Waals surface area contributed by atoms with Gasteiger partial charge in [-0.2, -0.15) is 0 Å². The fraction of sp³-hybridized carbons (Fsp3) is 0.617. The number of nitrogens with one attached hydrogen (secondary N) is 2. The van der Waals surface area contributed by atoms with Gasteiger partial charge in [0.05, 0.1) is 17.2 Å². The first-order valence-corrected chi connectivity index (χ1v) is 21.7. The average Bonchev–Trinajstić information content (AvgIpc) is 3.20. The van der Waals surface area contributed by atoms with Crippen LogP contribution in [-0.2, 0) is 50.0 Å². The number of nitrogens with two attached hydrogens (primary N) is 1. The number of fused-ring (bicyclic) bond motifs is 3. The van der Waals surface area contributed by atoms with Crippen LogP contribution in [0, 0.1) is 23.2 Å². The van der Waals surface area contributed by atoms with Crippen LogP contribution in [0.5, 0.6) is 5.75 Å². The third-order valence-electron chi connectivity index (χ3n) is 12.8. The molecule has 1 saturated heterocycles. The number of esters is 3. The number of phenols is 1. The Bertz CT molecular complexity index is 1880. The number of hydrogen-bond acceptors (Lipinski definition) is 10. The first-order chi connectivity index (χ1) is 28.3. The number of phenolic OH excluding ortho intramolecular Hbond substituents is 1. The van der Waals surface area contributed by atoms with E-state index < -0.39 is 59.8 Å². The second-order valence-corrected chi connectivity index (χ2v) is 18.1. The van der Waals surface area contributed by atoms with Crippen molar-refractivity contribution in [2.45, 2.75) is 162 Å². The molecule has 1 aliphatic heterocycles. The van der Waals surface area contributed by atoms with Crippen LogP contribution < -0.4 is 16.4 Å². The minimum Gasteiger partial charge on any atom is -0.505 e. The smallest absolute Gasteiger partial charge is 0.332 e. The number of anilines is 1. The molecule has 1 saturated carbocycles. The van der Waals surface area contributed by atoms with Gasteiger partial charge in [-0.05, 0) is 97.9 Å². The molecule has 0 aromatic heterocycles. The van der Waals surface area contributed by atoms with E-state index in [1.807, 2.05) is 20.8 Å². The van der Waals surface area contributed by atoms with Crippen LogP contribution in [0.4, 0.5) is 5.69 Å². The van der Waals surface area contributed by atoms with Gasteiger partial charge < -0.3 is 35.7 Å². The minimum atomic E-state index is -1.42. The SMILES string of the molecule is CC(C)c1ccc2c(c1)CCC1C(C)(C(N)=O)CCCC21C.CCCCCC1C(=O)OC(C)C(NC(=O)c2cccc(NC=O)c2O)C(=O)OC(C)C1OC(=O)CC(C)C. The zero-order chi connectivity index (χ0) is 44.5. The molecule has 2 aromatic carbocycles. The highest BCUT2D eigenvalue weighted by molar-refractivity contribution is 6.01. The largest absolute Gasteiger partial charge is 0.505 e. The van der Waals surface area contributed by atoms with Crippen molar-refractivity contribution < 1.29 is 48.1 Å². The summed E-state index contributed by atoms with van der Waals surface area (Å²) >= 11 is 0. The Morgan fingerprint density at radius 3 is 2.33 bits per heavy atom. The van der Waals surface area contributed by atoms with Crippen LogP contribution >= 0.6 is 0 Å². The van der Waals surface area contributed by atoms with E-state index in [-0.39, 0.29) is 40.3 Å². The molecule has 0 spiro atoms. The first-order valence-electron chi connectivity index (χ1n) is 21.7. The van der Waals surface area contributed by atoms with Gasteiger partial charge in [-0.25, -0.2) is 4.79 Å².